The van der Waals surface area contributed by atoms with Crippen molar-refractivity contribution in [3.05, 3.63) is 70.4 Å². The number of carbonyl (C=O) groups excluding carboxylic acids is 1. The molecule has 9 heteroatoms. The number of hydrogen-bond acceptors (Lipinski definition) is 5. The van der Waals surface area contributed by atoms with Crippen molar-refractivity contribution in [2.24, 2.45) is 5.73 Å². The Hall–Kier alpha value is -3.07. The van der Waals surface area contributed by atoms with Gasteiger partial charge in [-0.2, -0.15) is 5.10 Å². The maximum absolute atomic E-state index is 11.8. The first-order valence-electron chi connectivity index (χ1n) is 12.5. The number of primary amides is 1. The van der Waals surface area contributed by atoms with Crippen LogP contribution in [0.25, 0.3) is 11.3 Å². The number of piperazine rings is 1. The van der Waals surface area contributed by atoms with Gasteiger partial charge >= 0.3 is 6.03 Å². The second kappa shape index (κ2) is 10.5. The number of carbonyl (C=O) groups is 1. The molecule has 1 unspecified atom stereocenters. The first kappa shape index (κ1) is 24.6. The Labute approximate surface area is 216 Å². The molecule has 8 nitrogen and oxygen atoms in total. The molecule has 0 spiro atoms. The van der Waals surface area contributed by atoms with Crippen molar-refractivity contribution < 1.29 is 9.90 Å². The summed E-state index contributed by atoms with van der Waals surface area (Å²) in [6, 6.07) is 15.6. The molecular weight excluding hydrogens is 476 g/mol. The van der Waals surface area contributed by atoms with E-state index in [9.17, 15) is 9.90 Å². The number of β-amino-alcohol motifs (C(OH)–C–C–N with tert-alkyl or cyclic N) is 1. The molecule has 3 aromatic rings. The topological polar surface area (TPSA) is 90.9 Å². The van der Waals surface area contributed by atoms with Crippen LogP contribution in [0, 0.1) is 6.92 Å². The smallest absolute Gasteiger partial charge is 0.315 e. The highest BCUT2D eigenvalue weighted by Gasteiger charge is 2.28. The van der Waals surface area contributed by atoms with Crippen LogP contribution in [-0.4, -0.2) is 76.1 Å². The summed E-state index contributed by atoms with van der Waals surface area (Å²) < 4.78 is 1.92. The second-order valence-corrected chi connectivity index (χ2v) is 10.1. The van der Waals surface area contributed by atoms with Gasteiger partial charge in [-0.25, -0.2) is 4.79 Å². The highest BCUT2D eigenvalue weighted by atomic mass is 35.5. The fourth-order valence-electron chi connectivity index (χ4n) is 5.31. The van der Waals surface area contributed by atoms with E-state index in [1.165, 1.54) is 11.3 Å². The third-order valence-electron chi connectivity index (χ3n) is 7.24. The first-order valence-corrected chi connectivity index (χ1v) is 12.9. The summed E-state index contributed by atoms with van der Waals surface area (Å²) in [5, 5.41) is 16.6. The van der Waals surface area contributed by atoms with Crippen LogP contribution in [0.1, 0.15) is 16.8 Å². The normalized spacial score (nSPS) is 17.2. The quantitative estimate of drug-likeness (QED) is 0.534. The molecule has 3 N–H and O–H groups in total. The van der Waals surface area contributed by atoms with Gasteiger partial charge in [0.05, 0.1) is 24.9 Å². The Morgan fingerprint density at radius 3 is 2.47 bits per heavy atom. The largest absolute Gasteiger partial charge is 0.390 e. The zero-order valence-electron chi connectivity index (χ0n) is 20.6. The molecule has 1 fully saturated rings. The van der Waals surface area contributed by atoms with Crippen molar-refractivity contribution in [3.8, 4) is 11.3 Å². The van der Waals surface area contributed by atoms with Crippen molar-refractivity contribution in [2.75, 3.05) is 44.2 Å². The monoisotopic (exact) mass is 508 g/mol. The molecule has 1 saturated heterocycles. The number of fused-ring (bicyclic) bond motifs is 1. The number of aliphatic hydroxyl groups excluding tert-OH is 1. The number of aryl methyl sites for hydroxylation is 1. The van der Waals surface area contributed by atoms with E-state index in [1.807, 2.05) is 28.9 Å². The minimum Gasteiger partial charge on any atom is -0.390 e. The first-order chi connectivity index (χ1) is 17.4. The minimum absolute atomic E-state index is 0.407. The third kappa shape index (κ3) is 5.21. The molecule has 2 aromatic carbocycles. The van der Waals surface area contributed by atoms with Crippen molar-refractivity contribution in [2.45, 2.75) is 32.5 Å². The van der Waals surface area contributed by atoms with Gasteiger partial charge in [0.2, 0.25) is 0 Å². The van der Waals surface area contributed by atoms with Gasteiger partial charge in [0.25, 0.3) is 0 Å². The lowest BCUT2D eigenvalue weighted by Crippen LogP contribution is -2.49. The van der Waals surface area contributed by atoms with E-state index < -0.39 is 12.1 Å². The molecule has 2 aliphatic rings. The van der Waals surface area contributed by atoms with Crippen LogP contribution in [0.4, 0.5) is 10.5 Å². The van der Waals surface area contributed by atoms with E-state index in [4.69, 9.17) is 22.4 Å². The van der Waals surface area contributed by atoms with E-state index in [1.54, 1.807) is 4.90 Å². The van der Waals surface area contributed by atoms with Gasteiger partial charge in [0, 0.05) is 73.2 Å². The van der Waals surface area contributed by atoms with Crippen molar-refractivity contribution in [1.82, 2.24) is 19.6 Å². The van der Waals surface area contributed by atoms with Gasteiger partial charge in [-0.05, 0) is 30.7 Å². The SMILES string of the molecule is Cc1ccccc1N1CCN(CC(O)Cn2nc(-c3ccc(Cl)cc3)c3c2CCN(C(N)=O)C3)CC1. The number of para-hydroxylation sites is 1. The Morgan fingerprint density at radius 1 is 1.06 bits per heavy atom. The molecule has 1 aromatic heterocycles. The summed E-state index contributed by atoms with van der Waals surface area (Å²) in [5.74, 6) is 0. The van der Waals surface area contributed by atoms with Crippen molar-refractivity contribution in [1.29, 1.82) is 0 Å². The van der Waals surface area contributed by atoms with Crippen molar-refractivity contribution in [3.63, 3.8) is 0 Å². The van der Waals surface area contributed by atoms with Crippen LogP contribution in [0.5, 0.6) is 0 Å². The van der Waals surface area contributed by atoms with E-state index in [0.717, 1.165) is 48.7 Å². The number of nitrogens with two attached hydrogens (primary N) is 1. The number of anilines is 1. The lowest BCUT2D eigenvalue weighted by molar-refractivity contribution is 0.0909. The van der Waals surface area contributed by atoms with Gasteiger partial charge in [0.15, 0.2) is 0 Å². The van der Waals surface area contributed by atoms with Crippen LogP contribution in [0.15, 0.2) is 48.5 Å². The summed E-state index contributed by atoms with van der Waals surface area (Å²) in [5.41, 5.74) is 11.9. The molecule has 0 saturated carbocycles. The van der Waals surface area contributed by atoms with Crippen LogP contribution < -0.4 is 10.6 Å². The number of nitrogens with zero attached hydrogens (tertiary/aromatic N) is 5. The zero-order valence-corrected chi connectivity index (χ0v) is 21.4. The third-order valence-corrected chi connectivity index (χ3v) is 7.50. The number of halogens is 1. The molecule has 0 bridgehead atoms. The van der Waals surface area contributed by atoms with E-state index >= 15 is 0 Å². The number of amides is 2. The Bertz CT molecular complexity index is 1220. The summed E-state index contributed by atoms with van der Waals surface area (Å²) in [4.78, 5) is 18.2. The molecule has 1 atom stereocenters. The number of benzene rings is 2. The molecule has 3 heterocycles. The average molecular weight is 509 g/mol. The van der Waals surface area contributed by atoms with E-state index in [0.29, 0.717) is 37.6 Å². The number of aliphatic hydroxyl groups is 1. The van der Waals surface area contributed by atoms with E-state index in [2.05, 4.69) is 41.0 Å². The van der Waals surface area contributed by atoms with Crippen LogP contribution in [0.3, 0.4) is 0 Å². The predicted molar refractivity (Wildman–Crippen MR) is 142 cm³/mol. The molecular formula is C27H33ClN6O2. The minimum atomic E-state index is -0.550. The van der Waals surface area contributed by atoms with Gasteiger partial charge < -0.3 is 20.6 Å². The molecule has 2 aliphatic heterocycles. The second-order valence-electron chi connectivity index (χ2n) is 9.70. The zero-order chi connectivity index (χ0) is 25.2. The molecule has 36 heavy (non-hydrogen) atoms. The van der Waals surface area contributed by atoms with Crippen LogP contribution in [0.2, 0.25) is 5.02 Å². The average Bonchev–Trinajstić information content (AvgIpc) is 3.22. The maximum Gasteiger partial charge on any atom is 0.315 e. The van der Waals surface area contributed by atoms with Gasteiger partial charge in [-0.1, -0.05) is 41.9 Å². The fraction of sp³-hybridized carbons (Fsp3) is 0.407. The van der Waals surface area contributed by atoms with Gasteiger partial charge in [-0.15, -0.1) is 0 Å². The molecule has 0 aliphatic carbocycles. The lowest BCUT2D eigenvalue weighted by Gasteiger charge is -2.37. The number of aromatic nitrogens is 2. The number of rotatable bonds is 6. The summed E-state index contributed by atoms with van der Waals surface area (Å²) in [6.45, 7) is 7.82. The molecule has 0 radical (unpaired) electrons. The molecule has 190 valence electrons. The lowest BCUT2D eigenvalue weighted by atomic mass is 10.0. The van der Waals surface area contributed by atoms with Crippen LogP contribution in [-0.2, 0) is 19.5 Å². The molecule has 2 amide bonds. The number of hydrogen-bond donors (Lipinski definition) is 2. The summed E-state index contributed by atoms with van der Waals surface area (Å²) >= 11 is 6.09. The summed E-state index contributed by atoms with van der Waals surface area (Å²) in [7, 11) is 0. The Morgan fingerprint density at radius 2 is 1.78 bits per heavy atom. The Balaban J connectivity index is 1.27. The standard InChI is InChI=1S/C27H33ClN6O2/c1-19-4-2-3-5-24(19)32-14-12-31(13-15-32)16-22(35)17-34-25-10-11-33(27(29)36)18-23(25)26(30-34)20-6-8-21(28)9-7-20/h2-9,22,35H,10-18H2,1H3,(H2,29,36). The summed E-state index contributed by atoms with van der Waals surface area (Å²) in [6.07, 6.45) is 0.104. The predicted octanol–water partition coefficient (Wildman–Crippen LogP) is 3.13. The van der Waals surface area contributed by atoms with Crippen molar-refractivity contribution >= 4 is 23.3 Å². The van der Waals surface area contributed by atoms with Gasteiger partial charge in [-0.3, -0.25) is 9.58 Å². The maximum atomic E-state index is 11.8. The van der Waals surface area contributed by atoms with Gasteiger partial charge in [0.1, 0.15) is 0 Å². The fourth-order valence-corrected chi connectivity index (χ4v) is 5.44. The highest BCUT2D eigenvalue weighted by molar-refractivity contribution is 6.30. The number of urea groups is 1. The molecule has 5 rings (SSSR count). The van der Waals surface area contributed by atoms with E-state index in [-0.39, 0.29) is 0 Å². The van der Waals surface area contributed by atoms with Crippen LogP contribution >= 0.6 is 11.6 Å². The Kier molecular flexibility index (Phi) is 7.18. The highest BCUT2D eigenvalue weighted by Crippen LogP contribution is 2.31.